The number of hydrogen-bond acceptors (Lipinski definition) is 3. The number of hydrogen-bond donors (Lipinski definition) is 1. The van der Waals surface area contributed by atoms with Gasteiger partial charge in [-0.1, -0.05) is 17.4 Å². The predicted octanol–water partition coefficient (Wildman–Crippen LogP) is 1.49. The van der Waals surface area contributed by atoms with Crippen LogP contribution in [-0.4, -0.2) is 24.0 Å². The summed E-state index contributed by atoms with van der Waals surface area (Å²) < 4.78 is 0. The molecule has 0 atom stereocenters. The molecule has 0 radical (unpaired) electrons. The van der Waals surface area contributed by atoms with E-state index in [0.717, 1.165) is 19.5 Å². The molecule has 1 saturated heterocycles. The van der Waals surface area contributed by atoms with Gasteiger partial charge in [-0.25, -0.2) is 0 Å². The van der Waals surface area contributed by atoms with E-state index in [1.54, 1.807) is 24.3 Å². The number of benzene rings is 1. The Bertz CT molecular complexity index is 398. The first-order valence-electron chi connectivity index (χ1n) is 4.83. The van der Waals surface area contributed by atoms with E-state index in [4.69, 9.17) is 5.73 Å². The molecular formula is C10H12N4O. The first-order chi connectivity index (χ1) is 7.27. The number of primary amides is 1. The Hall–Kier alpha value is -1.91. The fraction of sp³-hybridized carbons (Fsp3) is 0.300. The molecule has 0 aromatic heterocycles. The molecule has 1 aliphatic heterocycles. The van der Waals surface area contributed by atoms with Crippen LogP contribution in [0, 0.1) is 0 Å². The third-order valence-corrected chi connectivity index (χ3v) is 2.28. The van der Waals surface area contributed by atoms with Crippen LogP contribution >= 0.6 is 0 Å². The van der Waals surface area contributed by atoms with Crippen molar-refractivity contribution < 1.29 is 4.79 Å². The highest BCUT2D eigenvalue weighted by atomic mass is 16.1. The van der Waals surface area contributed by atoms with Gasteiger partial charge in [0.05, 0.1) is 5.56 Å². The summed E-state index contributed by atoms with van der Waals surface area (Å²) in [5.74, 6) is -0.479. The van der Waals surface area contributed by atoms with Gasteiger partial charge >= 0.3 is 0 Å². The maximum atomic E-state index is 11.1. The molecule has 5 heteroatoms. The molecule has 1 heterocycles. The Morgan fingerprint density at radius 1 is 1.33 bits per heavy atom. The highest BCUT2D eigenvalue weighted by Crippen LogP contribution is 2.19. The van der Waals surface area contributed by atoms with Crippen molar-refractivity contribution in [2.45, 2.75) is 6.42 Å². The lowest BCUT2D eigenvalue weighted by Crippen LogP contribution is -2.31. The summed E-state index contributed by atoms with van der Waals surface area (Å²) in [6.45, 7) is 1.87. The molecule has 1 aliphatic rings. The zero-order valence-electron chi connectivity index (χ0n) is 8.26. The average molecular weight is 204 g/mol. The number of carbonyl (C=O) groups is 1. The second-order valence-electron chi connectivity index (χ2n) is 3.38. The number of carbonyl (C=O) groups excluding carboxylic acids is 1. The van der Waals surface area contributed by atoms with E-state index in [0.29, 0.717) is 11.3 Å². The third-order valence-electron chi connectivity index (χ3n) is 2.28. The van der Waals surface area contributed by atoms with Crippen molar-refractivity contribution in [3.05, 3.63) is 29.8 Å². The molecule has 2 rings (SSSR count). The van der Waals surface area contributed by atoms with Crippen molar-refractivity contribution in [3.63, 3.8) is 0 Å². The molecular weight excluding hydrogens is 192 g/mol. The normalized spacial score (nSPS) is 15.3. The minimum absolute atomic E-state index is 0.404. The van der Waals surface area contributed by atoms with Gasteiger partial charge < -0.3 is 5.73 Å². The molecule has 5 nitrogen and oxygen atoms in total. The lowest BCUT2D eigenvalue weighted by molar-refractivity contribution is 0.100. The number of nitrogens with zero attached hydrogens (tertiary/aromatic N) is 3. The maximum Gasteiger partial charge on any atom is 0.250 e. The Morgan fingerprint density at radius 3 is 2.67 bits per heavy atom. The molecule has 0 aliphatic carbocycles. The van der Waals surface area contributed by atoms with E-state index in [2.05, 4.69) is 10.3 Å². The quantitative estimate of drug-likeness (QED) is 0.757. The van der Waals surface area contributed by atoms with E-state index in [-0.39, 0.29) is 0 Å². The average Bonchev–Trinajstić information content (AvgIpc) is 2.16. The van der Waals surface area contributed by atoms with Gasteiger partial charge in [-0.2, -0.15) is 0 Å². The highest BCUT2D eigenvalue weighted by molar-refractivity contribution is 5.97. The fourth-order valence-electron chi connectivity index (χ4n) is 1.27. The molecule has 1 fully saturated rings. The van der Waals surface area contributed by atoms with Crippen LogP contribution in [0.2, 0.25) is 0 Å². The van der Waals surface area contributed by atoms with Crippen LogP contribution in [0.25, 0.3) is 0 Å². The number of rotatable bonds is 3. The van der Waals surface area contributed by atoms with E-state index >= 15 is 0 Å². The zero-order chi connectivity index (χ0) is 10.7. The predicted molar refractivity (Wildman–Crippen MR) is 55.7 cm³/mol. The van der Waals surface area contributed by atoms with Crippen LogP contribution in [0.5, 0.6) is 0 Å². The molecule has 2 N–H and O–H groups in total. The number of nitrogens with two attached hydrogens (primary N) is 1. The van der Waals surface area contributed by atoms with Gasteiger partial charge in [0.15, 0.2) is 0 Å². The SMILES string of the molecule is NC(=O)c1ccccc1/N=N/N1CCC1. The maximum absolute atomic E-state index is 11.1. The second kappa shape index (κ2) is 4.08. The molecule has 15 heavy (non-hydrogen) atoms. The van der Waals surface area contributed by atoms with Gasteiger partial charge in [-0.3, -0.25) is 9.80 Å². The van der Waals surface area contributed by atoms with Crippen LogP contribution in [0.3, 0.4) is 0 Å². The van der Waals surface area contributed by atoms with Crippen LogP contribution in [-0.2, 0) is 0 Å². The third kappa shape index (κ3) is 2.12. The van der Waals surface area contributed by atoms with Gasteiger partial charge in [0.1, 0.15) is 5.69 Å². The highest BCUT2D eigenvalue weighted by Gasteiger charge is 2.11. The van der Waals surface area contributed by atoms with E-state index in [9.17, 15) is 4.79 Å². The van der Waals surface area contributed by atoms with E-state index in [1.807, 2.05) is 5.01 Å². The van der Waals surface area contributed by atoms with Crippen molar-refractivity contribution >= 4 is 11.6 Å². The van der Waals surface area contributed by atoms with Gasteiger partial charge in [0.25, 0.3) is 5.91 Å². The molecule has 1 aromatic carbocycles. The molecule has 78 valence electrons. The summed E-state index contributed by atoms with van der Waals surface area (Å²) in [5, 5.41) is 9.84. The Morgan fingerprint density at radius 2 is 2.07 bits per heavy atom. The summed E-state index contributed by atoms with van der Waals surface area (Å²) >= 11 is 0. The first kappa shape index (κ1) is 9.64. The summed E-state index contributed by atoms with van der Waals surface area (Å²) in [7, 11) is 0. The smallest absolute Gasteiger partial charge is 0.250 e. The minimum atomic E-state index is -0.479. The van der Waals surface area contributed by atoms with Crippen molar-refractivity contribution in [2.75, 3.05) is 13.1 Å². The van der Waals surface area contributed by atoms with Crippen LogP contribution in [0.4, 0.5) is 5.69 Å². The summed E-state index contributed by atoms with van der Waals surface area (Å²) in [6, 6.07) is 6.93. The van der Waals surface area contributed by atoms with Gasteiger partial charge in [-0.15, -0.1) is 5.11 Å². The van der Waals surface area contributed by atoms with Gasteiger partial charge in [0, 0.05) is 13.1 Å². The van der Waals surface area contributed by atoms with Gasteiger partial charge in [-0.05, 0) is 18.6 Å². The fourth-order valence-corrected chi connectivity index (χ4v) is 1.27. The van der Waals surface area contributed by atoms with Crippen molar-refractivity contribution in [1.29, 1.82) is 0 Å². The van der Waals surface area contributed by atoms with Crippen molar-refractivity contribution in [1.82, 2.24) is 5.01 Å². The molecule has 0 spiro atoms. The lowest BCUT2D eigenvalue weighted by atomic mass is 10.2. The lowest BCUT2D eigenvalue weighted by Gasteiger charge is -2.25. The topological polar surface area (TPSA) is 71.0 Å². The standard InChI is InChI=1S/C10H12N4O/c11-10(15)8-4-1-2-5-9(8)12-13-14-6-3-7-14/h1-2,4-5H,3,6-7H2,(H2,11,15)/b13-12+. The molecule has 1 aromatic rings. The summed E-state index contributed by atoms with van der Waals surface area (Å²) in [5.41, 5.74) is 6.14. The Balaban J connectivity index is 2.19. The molecule has 0 bridgehead atoms. The summed E-state index contributed by atoms with van der Waals surface area (Å²) in [6.07, 6.45) is 1.15. The summed E-state index contributed by atoms with van der Waals surface area (Å²) in [4.78, 5) is 11.1. The van der Waals surface area contributed by atoms with E-state index < -0.39 is 5.91 Å². The monoisotopic (exact) mass is 204 g/mol. The number of amides is 1. The minimum Gasteiger partial charge on any atom is -0.366 e. The van der Waals surface area contributed by atoms with Crippen molar-refractivity contribution in [3.8, 4) is 0 Å². The van der Waals surface area contributed by atoms with Crippen molar-refractivity contribution in [2.24, 2.45) is 16.1 Å². The van der Waals surface area contributed by atoms with Crippen LogP contribution in [0.15, 0.2) is 34.6 Å². The Kier molecular flexibility index (Phi) is 2.62. The second-order valence-corrected chi connectivity index (χ2v) is 3.38. The first-order valence-corrected chi connectivity index (χ1v) is 4.83. The molecule has 0 saturated carbocycles. The van der Waals surface area contributed by atoms with Crippen LogP contribution in [0.1, 0.15) is 16.8 Å². The zero-order valence-corrected chi connectivity index (χ0v) is 8.26. The Labute approximate surface area is 87.6 Å². The van der Waals surface area contributed by atoms with Crippen LogP contribution < -0.4 is 5.73 Å². The largest absolute Gasteiger partial charge is 0.366 e. The van der Waals surface area contributed by atoms with Gasteiger partial charge in [0.2, 0.25) is 0 Å². The van der Waals surface area contributed by atoms with E-state index in [1.165, 1.54) is 0 Å². The molecule has 0 unspecified atom stereocenters. The molecule has 1 amide bonds.